The predicted molar refractivity (Wildman–Crippen MR) is 131 cm³/mol. The van der Waals surface area contributed by atoms with Crippen LogP contribution in [0.25, 0.3) is 0 Å². The summed E-state index contributed by atoms with van der Waals surface area (Å²) in [5, 5.41) is 38.2. The normalized spacial score (nSPS) is 12.0. The van der Waals surface area contributed by atoms with Gasteiger partial charge in [0.1, 0.15) is 0 Å². The number of thioether (sulfide) groups is 1. The van der Waals surface area contributed by atoms with Crippen LogP contribution in [-0.4, -0.2) is 37.1 Å². The molecular formula is C20H18BrClN7O4S-. The van der Waals surface area contributed by atoms with Gasteiger partial charge in [-0.15, -0.1) is 10.2 Å². The molecule has 0 radical (unpaired) electrons. The first-order valence-corrected chi connectivity index (χ1v) is 11.7. The summed E-state index contributed by atoms with van der Waals surface area (Å²) < 4.78 is 2.76. The highest BCUT2D eigenvalue weighted by molar-refractivity contribution is 9.10. The van der Waals surface area contributed by atoms with Crippen LogP contribution >= 0.6 is 39.3 Å². The van der Waals surface area contributed by atoms with Crippen molar-refractivity contribution in [3.63, 3.8) is 0 Å². The summed E-state index contributed by atoms with van der Waals surface area (Å²) in [6, 6.07) is 9.90. The van der Waals surface area contributed by atoms with Gasteiger partial charge in [-0.1, -0.05) is 39.3 Å². The predicted octanol–water partition coefficient (Wildman–Crippen LogP) is 3.46. The van der Waals surface area contributed by atoms with Crippen molar-refractivity contribution in [2.24, 2.45) is 12.1 Å². The molecule has 11 nitrogen and oxygen atoms in total. The molecule has 0 unspecified atom stereocenters. The first-order chi connectivity index (χ1) is 16.2. The Kier molecular flexibility index (Phi) is 8.47. The lowest BCUT2D eigenvalue weighted by Crippen LogP contribution is -2.27. The third kappa shape index (κ3) is 6.46. The summed E-state index contributed by atoms with van der Waals surface area (Å²) in [7, 11) is 1.80. The average Bonchev–Trinajstić information content (AvgIpc) is 3.14. The maximum atomic E-state index is 12.4. The quantitative estimate of drug-likeness (QED) is 0.173. The summed E-state index contributed by atoms with van der Waals surface area (Å²) in [5.74, 6) is -0.623. The fourth-order valence-corrected chi connectivity index (χ4v) is 3.96. The van der Waals surface area contributed by atoms with Gasteiger partial charge in [0.05, 0.1) is 22.9 Å². The Morgan fingerprint density at radius 3 is 2.74 bits per heavy atom. The molecule has 0 saturated carbocycles. The third-order valence-corrected chi connectivity index (χ3v) is 6.39. The van der Waals surface area contributed by atoms with Gasteiger partial charge in [0.15, 0.2) is 11.0 Å². The minimum atomic E-state index is -0.849. The van der Waals surface area contributed by atoms with Crippen LogP contribution in [0, 0.1) is 10.1 Å². The van der Waals surface area contributed by atoms with Crippen molar-refractivity contribution in [2.45, 2.75) is 23.9 Å². The van der Waals surface area contributed by atoms with Crippen LogP contribution in [0.5, 0.6) is 5.75 Å². The first-order valence-electron chi connectivity index (χ1n) is 9.68. The van der Waals surface area contributed by atoms with Gasteiger partial charge < -0.3 is 15.0 Å². The Morgan fingerprint density at radius 2 is 2.06 bits per heavy atom. The minimum absolute atomic E-state index is 0.00992. The SMILES string of the molecule is C[C@H](Sc1nnc(CNc2ccc(Br)cc2)n1C)C(=O)N/N=C\c1cc(Cl)cc([N+](=O)[O-])c1[O-]. The number of hydrazone groups is 1. The Hall–Kier alpha value is -3.16. The minimum Gasteiger partial charge on any atom is -0.867 e. The van der Waals surface area contributed by atoms with Gasteiger partial charge in [0, 0.05) is 28.3 Å². The Morgan fingerprint density at radius 1 is 1.35 bits per heavy atom. The fourth-order valence-electron chi connectivity index (χ4n) is 2.65. The van der Waals surface area contributed by atoms with Crippen LogP contribution in [0.4, 0.5) is 11.4 Å². The smallest absolute Gasteiger partial charge is 0.263 e. The number of carbonyl (C=O) groups is 1. The van der Waals surface area contributed by atoms with E-state index < -0.39 is 27.5 Å². The van der Waals surface area contributed by atoms with E-state index in [4.69, 9.17) is 11.6 Å². The van der Waals surface area contributed by atoms with Gasteiger partial charge in [-0.2, -0.15) is 5.10 Å². The molecule has 2 aromatic carbocycles. The Bertz CT molecular complexity index is 1240. The molecule has 2 N–H and O–H groups in total. The standard InChI is InChI=1S/C20H19BrClN7O4S/c1-11(19(31)26-24-9-12-7-14(22)8-16(18(12)30)29(32)33)34-20-27-25-17(28(20)2)10-23-15-5-3-13(21)4-6-15/h3-9,11,23,30H,10H2,1-2H3,(H,26,31)/p-1/b24-9-/t11-/m0/s1. The fraction of sp³-hybridized carbons (Fsp3) is 0.200. The van der Waals surface area contributed by atoms with Crippen molar-refractivity contribution in [1.29, 1.82) is 0 Å². The van der Waals surface area contributed by atoms with Gasteiger partial charge in [-0.3, -0.25) is 14.9 Å². The molecule has 0 aliphatic rings. The van der Waals surface area contributed by atoms with Crippen molar-refractivity contribution in [2.75, 3.05) is 5.32 Å². The number of hydrogen-bond acceptors (Lipinski definition) is 9. The maximum absolute atomic E-state index is 12.4. The van der Waals surface area contributed by atoms with E-state index in [0.29, 0.717) is 17.5 Å². The average molecular weight is 568 g/mol. The number of amides is 1. The number of benzene rings is 2. The van der Waals surface area contributed by atoms with Crippen LogP contribution in [-0.2, 0) is 18.4 Å². The second-order valence-corrected chi connectivity index (χ2v) is 9.57. The lowest BCUT2D eigenvalue weighted by molar-refractivity contribution is -0.398. The highest BCUT2D eigenvalue weighted by atomic mass is 79.9. The van der Waals surface area contributed by atoms with E-state index in [0.717, 1.165) is 22.4 Å². The van der Waals surface area contributed by atoms with Gasteiger partial charge >= 0.3 is 0 Å². The van der Waals surface area contributed by atoms with E-state index in [1.54, 1.807) is 18.5 Å². The highest BCUT2D eigenvalue weighted by Crippen LogP contribution is 2.30. The van der Waals surface area contributed by atoms with Crippen molar-refractivity contribution >= 4 is 62.8 Å². The van der Waals surface area contributed by atoms with E-state index in [9.17, 15) is 20.0 Å². The number of rotatable bonds is 9. The van der Waals surface area contributed by atoms with E-state index in [1.165, 1.54) is 17.8 Å². The zero-order chi connectivity index (χ0) is 24.8. The van der Waals surface area contributed by atoms with E-state index in [-0.39, 0.29) is 10.6 Å². The summed E-state index contributed by atoms with van der Waals surface area (Å²) in [6.45, 7) is 2.10. The summed E-state index contributed by atoms with van der Waals surface area (Å²) in [6.07, 6.45) is 1.02. The molecule has 1 atom stereocenters. The molecule has 3 aromatic rings. The first kappa shape index (κ1) is 25.5. The number of nitrogens with zero attached hydrogens (tertiary/aromatic N) is 5. The van der Waals surface area contributed by atoms with Crippen molar-refractivity contribution in [1.82, 2.24) is 20.2 Å². The molecule has 3 rings (SSSR count). The largest absolute Gasteiger partial charge is 0.867 e. The van der Waals surface area contributed by atoms with Crippen LogP contribution in [0.2, 0.25) is 5.02 Å². The summed E-state index contributed by atoms with van der Waals surface area (Å²) in [4.78, 5) is 22.5. The number of nitro groups is 1. The molecule has 178 valence electrons. The van der Waals surface area contributed by atoms with Crippen LogP contribution in [0.15, 0.2) is 51.1 Å². The number of carbonyl (C=O) groups excluding carboxylic acids is 1. The van der Waals surface area contributed by atoms with Crippen molar-refractivity contribution in [3.8, 4) is 5.75 Å². The molecule has 1 heterocycles. The molecule has 0 aliphatic carbocycles. The number of hydrogen-bond donors (Lipinski definition) is 2. The number of nitrogens with one attached hydrogen (secondary N) is 2. The number of nitro benzene ring substituents is 1. The molecule has 0 fully saturated rings. The second-order valence-electron chi connectivity index (χ2n) is 6.91. The highest BCUT2D eigenvalue weighted by Gasteiger charge is 2.19. The van der Waals surface area contributed by atoms with Crippen LogP contribution in [0.1, 0.15) is 18.3 Å². The van der Waals surface area contributed by atoms with Gasteiger partial charge in [-0.05, 0) is 48.6 Å². The zero-order valence-electron chi connectivity index (χ0n) is 17.9. The second kappa shape index (κ2) is 11.3. The van der Waals surface area contributed by atoms with E-state index >= 15 is 0 Å². The van der Waals surface area contributed by atoms with Crippen molar-refractivity contribution < 1.29 is 14.8 Å². The number of aromatic nitrogens is 3. The molecule has 14 heteroatoms. The van der Waals surface area contributed by atoms with Crippen molar-refractivity contribution in [3.05, 3.63) is 67.4 Å². The lowest BCUT2D eigenvalue weighted by Gasteiger charge is -2.11. The van der Waals surface area contributed by atoms with Crippen LogP contribution in [0.3, 0.4) is 0 Å². The summed E-state index contributed by atoms with van der Waals surface area (Å²) >= 11 is 10.4. The Balaban J connectivity index is 1.58. The van der Waals surface area contributed by atoms with Gasteiger partial charge in [-0.25, -0.2) is 5.43 Å². The Labute approximate surface area is 211 Å². The lowest BCUT2D eigenvalue weighted by atomic mass is 10.2. The van der Waals surface area contributed by atoms with Gasteiger partial charge in [0.2, 0.25) is 0 Å². The topological polar surface area (TPSA) is 150 Å². The maximum Gasteiger partial charge on any atom is 0.263 e. The molecule has 1 aromatic heterocycles. The molecule has 0 aliphatic heterocycles. The monoisotopic (exact) mass is 566 g/mol. The molecule has 0 saturated heterocycles. The number of halogens is 2. The molecular weight excluding hydrogens is 550 g/mol. The van der Waals surface area contributed by atoms with E-state index in [1.807, 2.05) is 24.3 Å². The number of anilines is 1. The van der Waals surface area contributed by atoms with E-state index in [2.05, 4.69) is 42.0 Å². The molecule has 1 amide bonds. The molecule has 0 bridgehead atoms. The zero-order valence-corrected chi connectivity index (χ0v) is 21.0. The summed E-state index contributed by atoms with van der Waals surface area (Å²) in [5.41, 5.74) is 2.45. The third-order valence-electron chi connectivity index (χ3n) is 4.51. The van der Waals surface area contributed by atoms with Gasteiger partial charge in [0.25, 0.3) is 11.6 Å². The molecule has 0 spiro atoms. The van der Waals surface area contributed by atoms with Crippen LogP contribution < -0.4 is 15.8 Å². The molecule has 34 heavy (non-hydrogen) atoms.